The fourth-order valence-electron chi connectivity index (χ4n) is 5.03. The van der Waals surface area contributed by atoms with Crippen LogP contribution in [0.15, 0.2) is 67.3 Å². The molecule has 1 saturated heterocycles. The number of ether oxygens (including phenoxy) is 1. The van der Waals surface area contributed by atoms with Crippen LogP contribution in [0.1, 0.15) is 54.4 Å². The van der Waals surface area contributed by atoms with Crippen molar-refractivity contribution in [2.45, 2.75) is 44.1 Å². The molecule has 0 spiro atoms. The van der Waals surface area contributed by atoms with E-state index in [1.54, 1.807) is 0 Å². The summed E-state index contributed by atoms with van der Waals surface area (Å²) in [5, 5.41) is 0. The second kappa shape index (κ2) is 11.0. The molecular formula is C26H34ClNO. The molecule has 2 atom stereocenters. The van der Waals surface area contributed by atoms with E-state index in [0.717, 1.165) is 12.3 Å². The minimum atomic E-state index is 0. The van der Waals surface area contributed by atoms with E-state index in [1.807, 2.05) is 6.08 Å². The molecular weight excluding hydrogens is 378 g/mol. The predicted molar refractivity (Wildman–Crippen MR) is 124 cm³/mol. The van der Waals surface area contributed by atoms with Gasteiger partial charge in [0.05, 0.1) is 12.7 Å². The molecule has 0 N–H and O–H groups in total. The third-order valence-corrected chi connectivity index (χ3v) is 6.56. The third-order valence-electron chi connectivity index (χ3n) is 6.56. The normalized spacial score (nSPS) is 22.9. The standard InChI is InChI=1S/C26H33NO.ClH/c1-2-18-28-26-19-21(12-13-24-10-6-7-11-25(24)26)20-27-16-14-23(15-17-27)22-8-4-3-5-9-22;/h2-11,21,23,26H,1,12-20H2;1H/t21-,26-;/m1./s1. The Morgan fingerprint density at radius 2 is 1.69 bits per heavy atom. The summed E-state index contributed by atoms with van der Waals surface area (Å²) in [6, 6.07) is 19.9. The Hall–Kier alpha value is -1.61. The Kier molecular flexibility index (Phi) is 8.35. The number of likely N-dealkylation sites (tertiary alicyclic amines) is 1. The van der Waals surface area contributed by atoms with Gasteiger partial charge in [-0.25, -0.2) is 0 Å². The van der Waals surface area contributed by atoms with Crippen molar-refractivity contribution in [1.82, 2.24) is 4.90 Å². The van der Waals surface area contributed by atoms with E-state index < -0.39 is 0 Å². The lowest BCUT2D eigenvalue weighted by Gasteiger charge is -2.35. The highest BCUT2D eigenvalue weighted by Crippen LogP contribution is 2.36. The minimum absolute atomic E-state index is 0. The molecule has 0 saturated carbocycles. The minimum Gasteiger partial charge on any atom is -0.369 e. The number of hydrogen-bond acceptors (Lipinski definition) is 2. The smallest absolute Gasteiger partial charge is 0.0835 e. The van der Waals surface area contributed by atoms with Crippen molar-refractivity contribution >= 4 is 12.4 Å². The van der Waals surface area contributed by atoms with Gasteiger partial charge in [0.2, 0.25) is 0 Å². The van der Waals surface area contributed by atoms with Crippen LogP contribution in [0.3, 0.4) is 0 Å². The molecule has 1 aliphatic heterocycles. The van der Waals surface area contributed by atoms with E-state index in [9.17, 15) is 0 Å². The average molecular weight is 412 g/mol. The maximum absolute atomic E-state index is 6.20. The van der Waals surface area contributed by atoms with Crippen molar-refractivity contribution in [1.29, 1.82) is 0 Å². The van der Waals surface area contributed by atoms with Gasteiger partial charge in [-0.05, 0) is 73.7 Å². The maximum Gasteiger partial charge on any atom is 0.0835 e. The van der Waals surface area contributed by atoms with Gasteiger partial charge in [-0.3, -0.25) is 0 Å². The number of nitrogens with zero attached hydrogens (tertiary/aromatic N) is 1. The number of halogens is 1. The highest BCUT2D eigenvalue weighted by atomic mass is 35.5. The van der Waals surface area contributed by atoms with E-state index in [4.69, 9.17) is 4.74 Å². The zero-order valence-corrected chi connectivity index (χ0v) is 18.2. The van der Waals surface area contributed by atoms with E-state index in [2.05, 4.69) is 66.1 Å². The molecule has 2 aromatic carbocycles. The van der Waals surface area contributed by atoms with Gasteiger partial charge in [0.25, 0.3) is 0 Å². The van der Waals surface area contributed by atoms with Crippen LogP contribution in [-0.4, -0.2) is 31.1 Å². The highest BCUT2D eigenvalue weighted by molar-refractivity contribution is 5.85. The van der Waals surface area contributed by atoms with Crippen LogP contribution >= 0.6 is 12.4 Å². The summed E-state index contributed by atoms with van der Waals surface area (Å²) >= 11 is 0. The van der Waals surface area contributed by atoms with Crippen LogP contribution in [-0.2, 0) is 11.2 Å². The van der Waals surface area contributed by atoms with E-state index in [-0.39, 0.29) is 18.5 Å². The van der Waals surface area contributed by atoms with Crippen molar-refractivity contribution in [3.63, 3.8) is 0 Å². The Labute approximate surface area is 182 Å². The fourth-order valence-corrected chi connectivity index (χ4v) is 5.03. The molecule has 2 aliphatic rings. The molecule has 1 aliphatic carbocycles. The molecule has 0 amide bonds. The van der Waals surface area contributed by atoms with Crippen molar-refractivity contribution in [3.8, 4) is 0 Å². The van der Waals surface area contributed by atoms with Gasteiger partial charge in [-0.1, -0.05) is 60.7 Å². The Morgan fingerprint density at radius 1 is 0.966 bits per heavy atom. The molecule has 2 aromatic rings. The summed E-state index contributed by atoms with van der Waals surface area (Å²) in [5.74, 6) is 1.44. The van der Waals surface area contributed by atoms with Gasteiger partial charge in [0.15, 0.2) is 0 Å². The molecule has 3 heteroatoms. The third kappa shape index (κ3) is 5.72. The molecule has 0 aromatic heterocycles. The molecule has 156 valence electrons. The van der Waals surface area contributed by atoms with Gasteiger partial charge >= 0.3 is 0 Å². The van der Waals surface area contributed by atoms with Crippen molar-refractivity contribution in [2.24, 2.45) is 5.92 Å². The summed E-state index contributed by atoms with van der Waals surface area (Å²) in [4.78, 5) is 2.70. The lowest BCUT2D eigenvalue weighted by Crippen LogP contribution is -2.37. The average Bonchev–Trinajstić information content (AvgIpc) is 2.93. The maximum atomic E-state index is 6.20. The summed E-state index contributed by atoms with van der Waals surface area (Å²) in [6.07, 6.45) is 8.23. The van der Waals surface area contributed by atoms with Gasteiger partial charge in [-0.15, -0.1) is 19.0 Å². The molecule has 0 bridgehead atoms. The van der Waals surface area contributed by atoms with Crippen LogP contribution in [0.2, 0.25) is 0 Å². The number of hydrogen-bond donors (Lipinski definition) is 0. The Bertz CT molecular complexity index is 754. The molecule has 4 rings (SSSR count). The summed E-state index contributed by atoms with van der Waals surface area (Å²) < 4.78 is 6.20. The quantitative estimate of drug-likeness (QED) is 0.415. The van der Waals surface area contributed by atoms with Gasteiger partial charge in [0, 0.05) is 6.54 Å². The lowest BCUT2D eigenvalue weighted by atomic mass is 9.88. The van der Waals surface area contributed by atoms with Crippen molar-refractivity contribution in [3.05, 3.63) is 83.9 Å². The van der Waals surface area contributed by atoms with E-state index in [1.165, 1.54) is 62.0 Å². The largest absolute Gasteiger partial charge is 0.369 e. The first-order chi connectivity index (χ1) is 13.8. The van der Waals surface area contributed by atoms with Crippen LogP contribution < -0.4 is 0 Å². The van der Waals surface area contributed by atoms with Gasteiger partial charge < -0.3 is 9.64 Å². The highest BCUT2D eigenvalue weighted by Gasteiger charge is 2.28. The van der Waals surface area contributed by atoms with Crippen molar-refractivity contribution < 1.29 is 4.74 Å². The van der Waals surface area contributed by atoms with E-state index >= 15 is 0 Å². The number of piperidine rings is 1. The van der Waals surface area contributed by atoms with E-state index in [0.29, 0.717) is 12.5 Å². The van der Waals surface area contributed by atoms with Crippen LogP contribution in [0.4, 0.5) is 0 Å². The number of rotatable bonds is 6. The lowest BCUT2D eigenvalue weighted by molar-refractivity contribution is 0.0480. The fraction of sp³-hybridized carbons (Fsp3) is 0.462. The number of aryl methyl sites for hydroxylation is 1. The second-order valence-corrected chi connectivity index (χ2v) is 8.44. The first-order valence-corrected chi connectivity index (χ1v) is 10.9. The summed E-state index contributed by atoms with van der Waals surface area (Å²) in [6.45, 7) is 8.13. The molecule has 2 nitrogen and oxygen atoms in total. The van der Waals surface area contributed by atoms with Crippen LogP contribution in [0.25, 0.3) is 0 Å². The number of fused-ring (bicyclic) bond motifs is 1. The van der Waals surface area contributed by atoms with Crippen LogP contribution in [0, 0.1) is 5.92 Å². The number of benzene rings is 2. The summed E-state index contributed by atoms with van der Waals surface area (Å²) in [5.41, 5.74) is 4.39. The van der Waals surface area contributed by atoms with Crippen molar-refractivity contribution in [2.75, 3.05) is 26.2 Å². The zero-order valence-electron chi connectivity index (χ0n) is 17.3. The van der Waals surface area contributed by atoms with Gasteiger partial charge in [-0.2, -0.15) is 0 Å². The Morgan fingerprint density at radius 3 is 2.45 bits per heavy atom. The molecule has 0 unspecified atom stereocenters. The molecule has 1 fully saturated rings. The van der Waals surface area contributed by atoms with Gasteiger partial charge in [0.1, 0.15) is 0 Å². The second-order valence-electron chi connectivity index (χ2n) is 8.44. The van der Waals surface area contributed by atoms with Crippen LogP contribution in [0.5, 0.6) is 0 Å². The predicted octanol–water partition coefficient (Wildman–Crippen LogP) is 6.18. The zero-order chi connectivity index (χ0) is 19.2. The topological polar surface area (TPSA) is 12.5 Å². The first kappa shape index (κ1) is 22.1. The molecule has 0 radical (unpaired) electrons. The molecule has 1 heterocycles. The SMILES string of the molecule is C=CCO[C@@H]1C[C@H](CN2CCC(c3ccccc3)CC2)CCc2ccccc21.Cl. The summed E-state index contributed by atoms with van der Waals surface area (Å²) in [7, 11) is 0. The monoisotopic (exact) mass is 411 g/mol. The first-order valence-electron chi connectivity index (χ1n) is 10.9. The Balaban J connectivity index is 0.00000240. The molecule has 29 heavy (non-hydrogen) atoms.